The highest BCUT2D eigenvalue weighted by atomic mass is 16.3. The van der Waals surface area contributed by atoms with E-state index < -0.39 is 11.2 Å². The van der Waals surface area contributed by atoms with Gasteiger partial charge in [0.2, 0.25) is 0 Å². The fourth-order valence-electron chi connectivity index (χ4n) is 4.82. The Kier molecular flexibility index (Phi) is 7.22. The smallest absolute Gasteiger partial charge is 0.0647 e. The maximum atomic E-state index is 10.6. The van der Waals surface area contributed by atoms with E-state index in [1.165, 1.54) is 32.1 Å². The van der Waals surface area contributed by atoms with Crippen LogP contribution in [0.1, 0.15) is 92.9 Å². The first-order valence-electron chi connectivity index (χ1n) is 10.8. The Morgan fingerprint density at radius 3 is 2.27 bits per heavy atom. The number of aliphatic hydroxyl groups is 2. The van der Waals surface area contributed by atoms with Crippen molar-refractivity contribution >= 4 is 0 Å². The predicted octanol–water partition coefficient (Wildman–Crippen LogP) is 5.88. The zero-order chi connectivity index (χ0) is 19.5. The zero-order valence-electron chi connectivity index (χ0n) is 18.0. The van der Waals surface area contributed by atoms with E-state index in [1.54, 1.807) is 0 Å². The predicted molar refractivity (Wildman–Crippen MR) is 110 cm³/mol. The molecule has 0 heterocycles. The molecular formula is C24H42O2. The average molecular weight is 363 g/mol. The van der Waals surface area contributed by atoms with Gasteiger partial charge in [0.1, 0.15) is 0 Å². The summed E-state index contributed by atoms with van der Waals surface area (Å²) in [6.45, 7) is 12.5. The van der Waals surface area contributed by atoms with Gasteiger partial charge >= 0.3 is 0 Å². The summed E-state index contributed by atoms with van der Waals surface area (Å²) in [5.74, 6) is 3.41. The van der Waals surface area contributed by atoms with Crippen molar-refractivity contribution in [1.29, 1.82) is 0 Å². The molecular weight excluding hydrogens is 320 g/mol. The molecule has 5 atom stereocenters. The maximum Gasteiger partial charge on any atom is 0.0647 e. The lowest BCUT2D eigenvalue weighted by Crippen LogP contribution is -2.28. The van der Waals surface area contributed by atoms with Gasteiger partial charge in [0, 0.05) is 6.42 Å². The van der Waals surface area contributed by atoms with Crippen molar-refractivity contribution in [3.63, 3.8) is 0 Å². The SMILES string of the molecule is CC(=C=C[C@H](C)[C@@H]1CC[C@H]([C@H](C)CC[C@](C)(O)C2CC2)C1)CC(C)(C)O. The van der Waals surface area contributed by atoms with E-state index >= 15 is 0 Å². The molecule has 2 saturated carbocycles. The first kappa shape index (κ1) is 21.7. The Hall–Kier alpha value is -0.560. The highest BCUT2D eigenvalue weighted by Gasteiger charge is 2.40. The highest BCUT2D eigenvalue weighted by molar-refractivity contribution is 5.04. The molecule has 0 radical (unpaired) electrons. The molecule has 0 aromatic carbocycles. The van der Waals surface area contributed by atoms with Crippen LogP contribution in [0, 0.1) is 29.6 Å². The molecule has 2 aliphatic carbocycles. The summed E-state index contributed by atoms with van der Waals surface area (Å²) in [5, 5.41) is 20.5. The summed E-state index contributed by atoms with van der Waals surface area (Å²) in [5.41, 5.74) is 3.48. The Labute approximate surface area is 161 Å². The van der Waals surface area contributed by atoms with E-state index in [9.17, 15) is 10.2 Å². The van der Waals surface area contributed by atoms with Gasteiger partial charge in [0.15, 0.2) is 0 Å². The summed E-state index contributed by atoms with van der Waals surface area (Å²) < 4.78 is 0. The van der Waals surface area contributed by atoms with E-state index in [0.29, 0.717) is 24.2 Å². The molecule has 0 aromatic rings. The fourth-order valence-corrected chi connectivity index (χ4v) is 4.82. The maximum absolute atomic E-state index is 10.6. The van der Waals surface area contributed by atoms with Gasteiger partial charge in [-0.05, 0) is 114 Å². The lowest BCUT2D eigenvalue weighted by molar-refractivity contribution is 0.0200. The molecule has 0 aromatic heterocycles. The minimum Gasteiger partial charge on any atom is -0.390 e. The van der Waals surface area contributed by atoms with Crippen molar-refractivity contribution in [3.8, 4) is 0 Å². The molecule has 0 bridgehead atoms. The molecule has 2 nitrogen and oxygen atoms in total. The van der Waals surface area contributed by atoms with Gasteiger partial charge in [-0.1, -0.05) is 13.8 Å². The van der Waals surface area contributed by atoms with Crippen LogP contribution in [0.4, 0.5) is 0 Å². The van der Waals surface area contributed by atoms with Crippen LogP contribution in [-0.4, -0.2) is 21.4 Å². The molecule has 2 heteroatoms. The monoisotopic (exact) mass is 362 g/mol. The lowest BCUT2D eigenvalue weighted by Gasteiger charge is -2.27. The number of rotatable bonds is 9. The third kappa shape index (κ3) is 6.87. The van der Waals surface area contributed by atoms with Gasteiger partial charge in [0.25, 0.3) is 0 Å². The second-order valence-corrected chi connectivity index (χ2v) is 10.4. The van der Waals surface area contributed by atoms with Crippen LogP contribution >= 0.6 is 0 Å². The van der Waals surface area contributed by atoms with E-state index in [1.807, 2.05) is 20.8 Å². The third-order valence-corrected chi connectivity index (χ3v) is 6.92. The summed E-state index contributed by atoms with van der Waals surface area (Å²) in [7, 11) is 0. The summed E-state index contributed by atoms with van der Waals surface area (Å²) in [4.78, 5) is 0. The second-order valence-electron chi connectivity index (χ2n) is 10.4. The van der Waals surface area contributed by atoms with Crippen molar-refractivity contribution < 1.29 is 10.2 Å². The molecule has 2 rings (SSSR count). The van der Waals surface area contributed by atoms with E-state index in [-0.39, 0.29) is 0 Å². The van der Waals surface area contributed by atoms with Gasteiger partial charge in [-0.2, -0.15) is 0 Å². The quantitative estimate of drug-likeness (QED) is 0.503. The molecule has 2 aliphatic rings. The van der Waals surface area contributed by atoms with Crippen LogP contribution in [-0.2, 0) is 0 Å². The third-order valence-electron chi connectivity index (χ3n) is 6.92. The van der Waals surface area contributed by atoms with Gasteiger partial charge in [-0.3, -0.25) is 0 Å². The number of hydrogen-bond donors (Lipinski definition) is 2. The van der Waals surface area contributed by atoms with Gasteiger partial charge in [-0.15, -0.1) is 5.73 Å². The molecule has 2 N–H and O–H groups in total. The molecule has 0 spiro atoms. The van der Waals surface area contributed by atoms with E-state index in [4.69, 9.17) is 0 Å². The van der Waals surface area contributed by atoms with E-state index in [2.05, 4.69) is 32.6 Å². The first-order valence-corrected chi connectivity index (χ1v) is 10.8. The van der Waals surface area contributed by atoms with Gasteiger partial charge in [-0.25, -0.2) is 0 Å². The molecule has 0 saturated heterocycles. The molecule has 150 valence electrons. The van der Waals surface area contributed by atoms with Crippen LogP contribution in [0.15, 0.2) is 17.4 Å². The fraction of sp³-hybridized carbons (Fsp3) is 0.875. The molecule has 0 aliphatic heterocycles. The Morgan fingerprint density at radius 1 is 1.08 bits per heavy atom. The summed E-state index contributed by atoms with van der Waals surface area (Å²) in [6, 6.07) is 0. The van der Waals surface area contributed by atoms with Crippen molar-refractivity contribution in [2.75, 3.05) is 0 Å². The lowest BCUT2D eigenvalue weighted by atomic mass is 9.82. The van der Waals surface area contributed by atoms with Crippen molar-refractivity contribution in [2.24, 2.45) is 29.6 Å². The van der Waals surface area contributed by atoms with E-state index in [0.717, 1.165) is 30.3 Å². The van der Waals surface area contributed by atoms with Crippen molar-refractivity contribution in [1.82, 2.24) is 0 Å². The highest BCUT2D eigenvalue weighted by Crippen LogP contribution is 2.45. The van der Waals surface area contributed by atoms with Crippen LogP contribution in [0.25, 0.3) is 0 Å². The zero-order valence-corrected chi connectivity index (χ0v) is 18.0. The molecule has 0 amide bonds. The minimum absolute atomic E-state index is 0.425. The van der Waals surface area contributed by atoms with Crippen LogP contribution in [0.3, 0.4) is 0 Å². The average Bonchev–Trinajstić information content (AvgIpc) is 3.27. The van der Waals surface area contributed by atoms with Gasteiger partial charge in [0.05, 0.1) is 11.2 Å². The largest absolute Gasteiger partial charge is 0.390 e. The van der Waals surface area contributed by atoms with Crippen molar-refractivity contribution in [3.05, 3.63) is 17.4 Å². The van der Waals surface area contributed by atoms with Gasteiger partial charge < -0.3 is 10.2 Å². The standard InChI is InChI=1S/C24H42O2/c1-17(16-23(4,5)25)7-8-18(2)20-9-10-21(15-20)19(3)13-14-24(6,26)22-11-12-22/h8,18-22,25-26H,9-16H2,1-6H3/t7?,18-,19+,20+,21-,24-/m0/s1. The van der Waals surface area contributed by atoms with Crippen LogP contribution in [0.2, 0.25) is 0 Å². The molecule has 2 fully saturated rings. The van der Waals surface area contributed by atoms with Crippen LogP contribution < -0.4 is 0 Å². The first-order chi connectivity index (χ1) is 12.0. The Balaban J connectivity index is 1.80. The molecule has 0 unspecified atom stereocenters. The summed E-state index contributed by atoms with van der Waals surface area (Å²) in [6.07, 6.45) is 11.5. The number of hydrogen-bond acceptors (Lipinski definition) is 2. The Morgan fingerprint density at radius 2 is 1.69 bits per heavy atom. The Bertz CT molecular complexity index is 515. The van der Waals surface area contributed by atoms with Crippen molar-refractivity contribution in [2.45, 2.75) is 104 Å². The molecule has 26 heavy (non-hydrogen) atoms. The normalized spacial score (nSPS) is 28.2. The van der Waals surface area contributed by atoms with Crippen LogP contribution in [0.5, 0.6) is 0 Å². The second kappa shape index (κ2) is 8.63. The topological polar surface area (TPSA) is 40.5 Å². The summed E-state index contributed by atoms with van der Waals surface area (Å²) >= 11 is 0. The minimum atomic E-state index is -0.649.